The van der Waals surface area contributed by atoms with Crippen LogP contribution in [0.3, 0.4) is 0 Å². The Hall–Kier alpha value is -1.08. The molecule has 0 amide bonds. The largest absolute Gasteiger partial charge is 0.381 e. The maximum Gasteiger partial charge on any atom is 0.235 e. The maximum absolute atomic E-state index is 11.3. The van der Waals surface area contributed by atoms with Gasteiger partial charge < -0.3 is 4.74 Å². The fourth-order valence-electron chi connectivity index (χ4n) is 0.850. The lowest BCUT2D eigenvalue weighted by Crippen LogP contribution is -2.19. The van der Waals surface area contributed by atoms with Crippen molar-refractivity contribution in [2.45, 2.75) is 6.92 Å². The molecular weight excluding hydrogens is 206 g/mol. The Kier molecular flexibility index (Phi) is 3.90. The predicted octanol–water partition coefficient (Wildman–Crippen LogP) is 0.188. The molecule has 0 unspecified atom stereocenters. The minimum Gasteiger partial charge on any atom is -0.381 e. The monoisotopic (exact) mass is 219 g/mol. The lowest BCUT2D eigenvalue weighted by atomic mass is 10.6. The number of anilines is 1. The molecular formula is C7H13N3O3S. The van der Waals surface area contributed by atoms with Crippen molar-refractivity contribution in [2.24, 2.45) is 0 Å². The lowest BCUT2D eigenvalue weighted by molar-refractivity contribution is 0.163. The van der Waals surface area contributed by atoms with Crippen LogP contribution >= 0.6 is 0 Å². The van der Waals surface area contributed by atoms with Crippen LogP contribution in [0.5, 0.6) is 0 Å². The van der Waals surface area contributed by atoms with Crippen molar-refractivity contribution in [3.63, 3.8) is 0 Å². The summed E-state index contributed by atoms with van der Waals surface area (Å²) in [5, 5.41) is 6.13. The zero-order chi connectivity index (χ0) is 10.4. The number of rotatable bonds is 6. The molecule has 0 atom stereocenters. The average molecular weight is 219 g/mol. The van der Waals surface area contributed by atoms with Crippen LogP contribution in [0.2, 0.25) is 0 Å². The summed E-state index contributed by atoms with van der Waals surface area (Å²) in [7, 11) is -3.31. The number of hydrogen-bond donors (Lipinski definition) is 2. The molecule has 7 heteroatoms. The molecule has 1 aromatic heterocycles. The van der Waals surface area contributed by atoms with Gasteiger partial charge in [-0.15, -0.1) is 0 Å². The van der Waals surface area contributed by atoms with Crippen LogP contribution in [0.1, 0.15) is 6.92 Å². The topological polar surface area (TPSA) is 84.1 Å². The molecule has 0 fully saturated rings. The molecule has 0 bridgehead atoms. The van der Waals surface area contributed by atoms with E-state index >= 15 is 0 Å². The number of aromatic amines is 1. The molecule has 1 heterocycles. The number of sulfonamides is 1. The van der Waals surface area contributed by atoms with Crippen molar-refractivity contribution in [3.05, 3.63) is 12.4 Å². The molecule has 0 aliphatic carbocycles. The van der Waals surface area contributed by atoms with E-state index in [1.165, 1.54) is 12.4 Å². The van der Waals surface area contributed by atoms with Crippen molar-refractivity contribution >= 4 is 15.7 Å². The molecule has 2 N–H and O–H groups in total. The number of ether oxygens (including phenoxy) is 1. The standard InChI is InChI=1S/C7H13N3O3S/c1-2-13-3-4-14(11,12)10-7-5-8-9-6-7/h5-6,10H,2-4H2,1H3,(H,8,9). The Balaban J connectivity index is 2.42. The van der Waals surface area contributed by atoms with E-state index in [4.69, 9.17) is 4.74 Å². The minimum absolute atomic E-state index is 0.0496. The van der Waals surface area contributed by atoms with Gasteiger partial charge in [0, 0.05) is 12.8 Å². The first-order valence-electron chi connectivity index (χ1n) is 4.21. The Labute approximate surface area is 82.7 Å². The van der Waals surface area contributed by atoms with E-state index in [0.29, 0.717) is 12.3 Å². The predicted molar refractivity (Wildman–Crippen MR) is 52.5 cm³/mol. The van der Waals surface area contributed by atoms with Crippen LogP contribution in [-0.2, 0) is 14.8 Å². The Morgan fingerprint density at radius 2 is 2.43 bits per heavy atom. The van der Waals surface area contributed by atoms with Crippen LogP contribution in [0.4, 0.5) is 5.69 Å². The first-order valence-corrected chi connectivity index (χ1v) is 5.86. The first-order chi connectivity index (χ1) is 6.64. The van der Waals surface area contributed by atoms with Gasteiger partial charge in [0.15, 0.2) is 0 Å². The first kappa shape index (κ1) is 11.0. The van der Waals surface area contributed by atoms with Crippen LogP contribution in [0.25, 0.3) is 0 Å². The highest BCUT2D eigenvalue weighted by Crippen LogP contribution is 2.04. The third-order valence-electron chi connectivity index (χ3n) is 1.47. The summed E-state index contributed by atoms with van der Waals surface area (Å²) in [6.07, 6.45) is 2.87. The molecule has 6 nitrogen and oxygen atoms in total. The highest BCUT2D eigenvalue weighted by molar-refractivity contribution is 7.92. The molecule has 0 aromatic carbocycles. The van der Waals surface area contributed by atoms with Gasteiger partial charge in [-0.2, -0.15) is 5.10 Å². The number of nitrogens with zero attached hydrogens (tertiary/aromatic N) is 1. The lowest BCUT2D eigenvalue weighted by Gasteiger charge is -2.04. The summed E-state index contributed by atoms with van der Waals surface area (Å²) in [6, 6.07) is 0. The molecule has 14 heavy (non-hydrogen) atoms. The molecule has 1 aromatic rings. The van der Waals surface area contributed by atoms with Crippen LogP contribution in [-0.4, -0.2) is 37.6 Å². The van der Waals surface area contributed by atoms with Crippen molar-refractivity contribution in [2.75, 3.05) is 23.7 Å². The normalized spacial score (nSPS) is 11.5. The molecule has 80 valence electrons. The van der Waals surface area contributed by atoms with Gasteiger partial charge in [-0.1, -0.05) is 0 Å². The number of aromatic nitrogens is 2. The van der Waals surface area contributed by atoms with E-state index in [2.05, 4.69) is 14.9 Å². The smallest absolute Gasteiger partial charge is 0.235 e. The minimum atomic E-state index is -3.31. The van der Waals surface area contributed by atoms with Gasteiger partial charge in [-0.05, 0) is 6.92 Å². The summed E-state index contributed by atoms with van der Waals surface area (Å²) < 4.78 is 30.0. The summed E-state index contributed by atoms with van der Waals surface area (Å²) in [4.78, 5) is 0. The highest BCUT2D eigenvalue weighted by Gasteiger charge is 2.10. The quantitative estimate of drug-likeness (QED) is 0.669. The van der Waals surface area contributed by atoms with Gasteiger partial charge >= 0.3 is 0 Å². The van der Waals surface area contributed by atoms with E-state index < -0.39 is 10.0 Å². The summed E-state index contributed by atoms with van der Waals surface area (Å²) in [6.45, 7) is 2.53. The second kappa shape index (κ2) is 4.97. The molecule has 0 saturated heterocycles. The van der Waals surface area contributed by atoms with Gasteiger partial charge in [-0.25, -0.2) is 8.42 Å². The third-order valence-corrected chi connectivity index (χ3v) is 2.72. The van der Waals surface area contributed by atoms with Crippen molar-refractivity contribution in [1.82, 2.24) is 10.2 Å². The fourth-order valence-corrected chi connectivity index (χ4v) is 1.76. The average Bonchev–Trinajstić information content (AvgIpc) is 2.56. The molecule has 0 spiro atoms. The van der Waals surface area contributed by atoms with Crippen molar-refractivity contribution in [3.8, 4) is 0 Å². The zero-order valence-corrected chi connectivity index (χ0v) is 8.67. The van der Waals surface area contributed by atoms with Gasteiger partial charge in [0.25, 0.3) is 0 Å². The molecule has 0 radical (unpaired) electrons. The molecule has 0 aliphatic rings. The van der Waals surface area contributed by atoms with E-state index in [0.717, 1.165) is 0 Å². The number of nitrogens with one attached hydrogen (secondary N) is 2. The summed E-state index contributed by atoms with van der Waals surface area (Å²) in [5.41, 5.74) is 0.432. The van der Waals surface area contributed by atoms with Gasteiger partial charge in [0.1, 0.15) is 0 Å². The van der Waals surface area contributed by atoms with E-state index in [-0.39, 0.29) is 12.4 Å². The Morgan fingerprint density at radius 3 is 3.00 bits per heavy atom. The second-order valence-electron chi connectivity index (χ2n) is 2.60. The number of H-pyrrole nitrogens is 1. The van der Waals surface area contributed by atoms with Gasteiger partial charge in [-0.3, -0.25) is 9.82 Å². The van der Waals surface area contributed by atoms with Crippen LogP contribution in [0, 0.1) is 0 Å². The van der Waals surface area contributed by atoms with Crippen LogP contribution < -0.4 is 4.72 Å². The molecule has 0 saturated carbocycles. The zero-order valence-electron chi connectivity index (χ0n) is 7.86. The van der Waals surface area contributed by atoms with Crippen molar-refractivity contribution in [1.29, 1.82) is 0 Å². The molecule has 0 aliphatic heterocycles. The fraction of sp³-hybridized carbons (Fsp3) is 0.571. The Morgan fingerprint density at radius 1 is 1.64 bits per heavy atom. The summed E-state index contributed by atoms with van der Waals surface area (Å²) in [5.74, 6) is -0.0496. The van der Waals surface area contributed by atoms with E-state index in [9.17, 15) is 8.42 Å². The van der Waals surface area contributed by atoms with Crippen LogP contribution in [0.15, 0.2) is 12.4 Å². The SMILES string of the molecule is CCOCCS(=O)(=O)Nc1cn[nH]c1. The van der Waals surface area contributed by atoms with Gasteiger partial charge in [0.05, 0.1) is 24.2 Å². The third kappa shape index (κ3) is 3.75. The van der Waals surface area contributed by atoms with Crippen molar-refractivity contribution < 1.29 is 13.2 Å². The highest BCUT2D eigenvalue weighted by atomic mass is 32.2. The maximum atomic E-state index is 11.3. The number of hydrogen-bond acceptors (Lipinski definition) is 4. The second-order valence-corrected chi connectivity index (χ2v) is 4.45. The van der Waals surface area contributed by atoms with Gasteiger partial charge in [0.2, 0.25) is 10.0 Å². The molecule has 1 rings (SSSR count). The summed E-state index contributed by atoms with van der Waals surface area (Å²) >= 11 is 0. The van der Waals surface area contributed by atoms with E-state index in [1.54, 1.807) is 0 Å². The van der Waals surface area contributed by atoms with E-state index in [1.807, 2.05) is 6.92 Å². The Bertz CT molecular complexity index is 346.